The van der Waals surface area contributed by atoms with E-state index in [4.69, 9.17) is 4.74 Å². The number of carbonyl (C=O) groups excluding carboxylic acids is 1. The Bertz CT molecular complexity index is 325. The van der Waals surface area contributed by atoms with Gasteiger partial charge in [-0.2, -0.15) is 0 Å². The molecule has 2 aliphatic rings. The molecule has 5 heteroatoms. The smallest absolute Gasteiger partial charge is 0.239 e. The SMILES string of the molecule is CCC1CCNC(C(=O)N2CCCN(CCOC)CC2)C1. The predicted molar refractivity (Wildman–Crippen MR) is 84.3 cm³/mol. The zero-order chi connectivity index (χ0) is 15.1. The molecular formula is C16H31N3O2. The van der Waals surface area contributed by atoms with E-state index in [1.54, 1.807) is 7.11 Å². The summed E-state index contributed by atoms with van der Waals surface area (Å²) in [5.74, 6) is 1.03. The van der Waals surface area contributed by atoms with Crippen molar-refractivity contribution in [2.24, 2.45) is 5.92 Å². The second-order valence-electron chi connectivity index (χ2n) is 6.32. The molecule has 0 aromatic heterocycles. The quantitative estimate of drug-likeness (QED) is 0.820. The monoisotopic (exact) mass is 297 g/mol. The van der Waals surface area contributed by atoms with Gasteiger partial charge in [0.05, 0.1) is 12.6 Å². The Balaban J connectivity index is 1.82. The average molecular weight is 297 g/mol. The van der Waals surface area contributed by atoms with Crippen LogP contribution in [0.2, 0.25) is 0 Å². The van der Waals surface area contributed by atoms with E-state index in [1.165, 1.54) is 12.8 Å². The number of amides is 1. The molecule has 2 atom stereocenters. The van der Waals surface area contributed by atoms with Crippen LogP contribution in [0.3, 0.4) is 0 Å². The van der Waals surface area contributed by atoms with Crippen LogP contribution in [-0.4, -0.2) is 74.7 Å². The van der Waals surface area contributed by atoms with Crippen molar-refractivity contribution in [2.45, 2.75) is 38.6 Å². The number of rotatable bonds is 5. The van der Waals surface area contributed by atoms with Crippen molar-refractivity contribution in [2.75, 3.05) is 53.0 Å². The van der Waals surface area contributed by atoms with Gasteiger partial charge in [0.15, 0.2) is 0 Å². The number of methoxy groups -OCH3 is 1. The van der Waals surface area contributed by atoms with Crippen LogP contribution in [0.1, 0.15) is 32.6 Å². The number of nitrogens with one attached hydrogen (secondary N) is 1. The van der Waals surface area contributed by atoms with Gasteiger partial charge >= 0.3 is 0 Å². The van der Waals surface area contributed by atoms with Crippen molar-refractivity contribution in [1.29, 1.82) is 0 Å². The molecule has 0 bridgehead atoms. The minimum Gasteiger partial charge on any atom is -0.383 e. The first-order valence-corrected chi connectivity index (χ1v) is 8.48. The zero-order valence-corrected chi connectivity index (χ0v) is 13.6. The fraction of sp³-hybridized carbons (Fsp3) is 0.938. The Morgan fingerprint density at radius 2 is 2.14 bits per heavy atom. The van der Waals surface area contributed by atoms with Gasteiger partial charge in [0.1, 0.15) is 0 Å². The molecule has 0 saturated carbocycles. The molecular weight excluding hydrogens is 266 g/mol. The second kappa shape index (κ2) is 8.71. The molecule has 122 valence electrons. The Morgan fingerprint density at radius 1 is 1.29 bits per heavy atom. The molecule has 2 saturated heterocycles. The first-order valence-electron chi connectivity index (χ1n) is 8.48. The van der Waals surface area contributed by atoms with Crippen LogP contribution < -0.4 is 5.32 Å². The van der Waals surface area contributed by atoms with Crippen LogP contribution in [0.15, 0.2) is 0 Å². The first kappa shape index (κ1) is 16.7. The number of piperidine rings is 1. The lowest BCUT2D eigenvalue weighted by Crippen LogP contribution is -2.51. The molecule has 0 aromatic carbocycles. The third kappa shape index (κ3) is 4.94. The van der Waals surface area contributed by atoms with Crippen LogP contribution in [0.25, 0.3) is 0 Å². The maximum atomic E-state index is 12.7. The van der Waals surface area contributed by atoms with Gasteiger partial charge in [-0.15, -0.1) is 0 Å². The standard InChI is InChI=1S/C16H31N3O2/c1-3-14-5-6-17-15(13-14)16(20)19-8-4-7-18(9-10-19)11-12-21-2/h14-15,17H,3-13H2,1-2H3. The van der Waals surface area contributed by atoms with Gasteiger partial charge in [0.2, 0.25) is 5.91 Å². The number of ether oxygens (including phenoxy) is 1. The molecule has 2 heterocycles. The Kier molecular flexibility index (Phi) is 6.93. The van der Waals surface area contributed by atoms with Gasteiger partial charge in [-0.1, -0.05) is 13.3 Å². The van der Waals surface area contributed by atoms with E-state index in [0.717, 1.165) is 58.7 Å². The highest BCUT2D eigenvalue weighted by Crippen LogP contribution is 2.20. The summed E-state index contributed by atoms with van der Waals surface area (Å²) in [6.45, 7) is 8.77. The summed E-state index contributed by atoms with van der Waals surface area (Å²) in [6, 6.07) is 0.0502. The minimum absolute atomic E-state index is 0.0502. The van der Waals surface area contributed by atoms with Crippen molar-refractivity contribution in [3.8, 4) is 0 Å². The summed E-state index contributed by atoms with van der Waals surface area (Å²) in [4.78, 5) is 17.2. The van der Waals surface area contributed by atoms with E-state index < -0.39 is 0 Å². The van der Waals surface area contributed by atoms with Crippen molar-refractivity contribution >= 4 is 5.91 Å². The Hall–Kier alpha value is -0.650. The molecule has 21 heavy (non-hydrogen) atoms. The third-order valence-corrected chi connectivity index (χ3v) is 4.90. The van der Waals surface area contributed by atoms with Crippen LogP contribution in [0.4, 0.5) is 0 Å². The predicted octanol–water partition coefficient (Wildman–Crippen LogP) is 0.945. The van der Waals surface area contributed by atoms with E-state index in [0.29, 0.717) is 11.8 Å². The molecule has 2 aliphatic heterocycles. The topological polar surface area (TPSA) is 44.8 Å². The lowest BCUT2D eigenvalue weighted by molar-refractivity contribution is -0.134. The van der Waals surface area contributed by atoms with E-state index in [-0.39, 0.29) is 6.04 Å². The molecule has 1 amide bonds. The largest absolute Gasteiger partial charge is 0.383 e. The van der Waals surface area contributed by atoms with Gasteiger partial charge < -0.3 is 15.0 Å². The molecule has 2 unspecified atom stereocenters. The fourth-order valence-corrected chi connectivity index (χ4v) is 3.41. The molecule has 0 radical (unpaired) electrons. The average Bonchev–Trinajstić information content (AvgIpc) is 2.78. The maximum Gasteiger partial charge on any atom is 0.239 e. The molecule has 0 aromatic rings. The number of nitrogens with zero attached hydrogens (tertiary/aromatic N) is 2. The zero-order valence-electron chi connectivity index (χ0n) is 13.6. The lowest BCUT2D eigenvalue weighted by atomic mass is 9.90. The number of hydrogen-bond donors (Lipinski definition) is 1. The Morgan fingerprint density at radius 3 is 2.90 bits per heavy atom. The second-order valence-corrected chi connectivity index (χ2v) is 6.32. The minimum atomic E-state index is 0.0502. The van der Waals surface area contributed by atoms with Crippen molar-refractivity contribution in [1.82, 2.24) is 15.1 Å². The van der Waals surface area contributed by atoms with Crippen LogP contribution in [0.5, 0.6) is 0 Å². The van der Waals surface area contributed by atoms with Gasteiger partial charge in [-0.05, 0) is 38.3 Å². The normalized spacial score (nSPS) is 28.4. The summed E-state index contributed by atoms with van der Waals surface area (Å²) in [5, 5.41) is 3.42. The van der Waals surface area contributed by atoms with Gasteiger partial charge in [0, 0.05) is 33.3 Å². The molecule has 1 N–H and O–H groups in total. The molecule has 0 aliphatic carbocycles. The summed E-state index contributed by atoms with van der Waals surface area (Å²) >= 11 is 0. The van der Waals surface area contributed by atoms with Crippen molar-refractivity contribution in [3.05, 3.63) is 0 Å². The number of hydrogen-bond acceptors (Lipinski definition) is 4. The van der Waals surface area contributed by atoms with Gasteiger partial charge in [0.25, 0.3) is 0 Å². The van der Waals surface area contributed by atoms with Crippen LogP contribution in [0, 0.1) is 5.92 Å². The highest BCUT2D eigenvalue weighted by Gasteiger charge is 2.30. The lowest BCUT2D eigenvalue weighted by Gasteiger charge is -2.32. The molecule has 2 fully saturated rings. The summed E-state index contributed by atoms with van der Waals surface area (Å²) in [7, 11) is 1.74. The molecule has 0 spiro atoms. The van der Waals surface area contributed by atoms with Crippen molar-refractivity contribution < 1.29 is 9.53 Å². The molecule has 2 rings (SSSR count). The van der Waals surface area contributed by atoms with E-state index in [1.807, 2.05) is 0 Å². The summed E-state index contributed by atoms with van der Waals surface area (Å²) in [6.07, 6.45) is 4.49. The van der Waals surface area contributed by atoms with E-state index in [9.17, 15) is 4.79 Å². The number of carbonyl (C=O) groups is 1. The molecule has 5 nitrogen and oxygen atoms in total. The summed E-state index contributed by atoms with van der Waals surface area (Å²) in [5.41, 5.74) is 0. The van der Waals surface area contributed by atoms with Crippen LogP contribution in [-0.2, 0) is 9.53 Å². The van der Waals surface area contributed by atoms with E-state index in [2.05, 4.69) is 22.0 Å². The van der Waals surface area contributed by atoms with Gasteiger partial charge in [-0.25, -0.2) is 0 Å². The highest BCUT2D eigenvalue weighted by atomic mass is 16.5. The van der Waals surface area contributed by atoms with Crippen molar-refractivity contribution in [3.63, 3.8) is 0 Å². The Labute approximate surface area is 129 Å². The first-order chi connectivity index (χ1) is 10.2. The van der Waals surface area contributed by atoms with Crippen LogP contribution >= 0.6 is 0 Å². The maximum absolute atomic E-state index is 12.7. The third-order valence-electron chi connectivity index (χ3n) is 4.90. The van der Waals surface area contributed by atoms with E-state index >= 15 is 0 Å². The highest BCUT2D eigenvalue weighted by molar-refractivity contribution is 5.82. The summed E-state index contributed by atoms with van der Waals surface area (Å²) < 4.78 is 5.15. The van der Waals surface area contributed by atoms with Gasteiger partial charge in [-0.3, -0.25) is 9.69 Å². The fourth-order valence-electron chi connectivity index (χ4n) is 3.41.